The molecule has 0 radical (unpaired) electrons. The second kappa shape index (κ2) is 11.7. The Hall–Kier alpha value is -3.57. The zero-order valence-electron chi connectivity index (χ0n) is 22.1. The number of rotatable bonds is 8. The third kappa shape index (κ3) is 6.90. The zero-order chi connectivity index (χ0) is 27.4. The Kier molecular flexibility index (Phi) is 8.08. The molecule has 2 aromatic heterocycles. The van der Waals surface area contributed by atoms with Crippen LogP contribution in [0.3, 0.4) is 0 Å². The molecule has 1 atom stereocenters. The van der Waals surface area contributed by atoms with E-state index in [9.17, 15) is 12.8 Å². The Bertz CT molecular complexity index is 1450. The molecule has 4 heterocycles. The number of hydrogen-bond donors (Lipinski definition) is 2. The minimum absolute atomic E-state index is 0.00139. The first-order valence-corrected chi connectivity index (χ1v) is 15.3. The van der Waals surface area contributed by atoms with Crippen LogP contribution in [0.4, 0.5) is 10.2 Å². The van der Waals surface area contributed by atoms with Gasteiger partial charge in [0.2, 0.25) is 0 Å². The molecule has 1 unspecified atom stereocenters. The van der Waals surface area contributed by atoms with Gasteiger partial charge in [0.25, 0.3) is 0 Å². The minimum atomic E-state index is -2.96. The van der Waals surface area contributed by atoms with E-state index in [0.29, 0.717) is 18.2 Å². The van der Waals surface area contributed by atoms with Crippen LogP contribution in [0.2, 0.25) is 0 Å². The third-order valence-electron chi connectivity index (χ3n) is 7.28. The van der Waals surface area contributed by atoms with E-state index in [2.05, 4.69) is 19.8 Å². The van der Waals surface area contributed by atoms with Gasteiger partial charge >= 0.3 is 0 Å². The minimum Gasteiger partial charge on any atom is -0.354 e. The first kappa shape index (κ1) is 27.0. The molecule has 2 aliphatic heterocycles. The number of pyridine rings is 1. The van der Waals surface area contributed by atoms with Crippen molar-refractivity contribution in [1.29, 1.82) is 5.41 Å². The van der Waals surface area contributed by atoms with E-state index in [0.717, 1.165) is 68.3 Å². The maximum Gasteiger partial charge on any atom is 0.148 e. The average Bonchev–Trinajstić information content (AvgIpc) is 3.61. The lowest BCUT2D eigenvalue weighted by Crippen LogP contribution is -2.47. The number of imidazole rings is 1. The lowest BCUT2D eigenvalue weighted by atomic mass is 10.0. The molecule has 5 rings (SSSR count). The number of nitrogens with one attached hydrogen (secondary N) is 2. The van der Waals surface area contributed by atoms with Crippen LogP contribution in [0.1, 0.15) is 30.3 Å². The second-order valence-corrected chi connectivity index (χ2v) is 12.4. The lowest BCUT2D eigenvalue weighted by molar-refractivity contribution is 0.271. The van der Waals surface area contributed by atoms with Crippen molar-refractivity contribution in [2.45, 2.75) is 18.9 Å². The number of H-pyrrole nitrogens is 1. The number of nitrogens with zero attached hydrogens (tertiary/aromatic N) is 5. The van der Waals surface area contributed by atoms with Gasteiger partial charge in [-0.15, -0.1) is 0 Å². The van der Waals surface area contributed by atoms with Gasteiger partial charge in [0.15, 0.2) is 0 Å². The molecule has 0 amide bonds. The van der Waals surface area contributed by atoms with Crippen molar-refractivity contribution in [3.63, 3.8) is 0 Å². The number of hydrogen-bond acceptors (Lipinski definition) is 7. The van der Waals surface area contributed by atoms with Gasteiger partial charge in [-0.2, -0.15) is 0 Å². The Morgan fingerprint density at radius 3 is 2.72 bits per heavy atom. The SMILES string of the molecule is CS(=O)(=O)CCN1CCN(c2cccc(-c3cnc(C=CC(=N)N4CCCC4c4cccc(F)c4)[nH]3)n2)CC1. The highest BCUT2D eigenvalue weighted by atomic mass is 32.2. The van der Waals surface area contributed by atoms with Gasteiger partial charge in [0, 0.05) is 45.5 Å². The molecule has 2 aliphatic rings. The van der Waals surface area contributed by atoms with Crippen molar-refractivity contribution in [2.24, 2.45) is 0 Å². The number of aromatic amines is 1. The summed E-state index contributed by atoms with van der Waals surface area (Å²) in [6.07, 6.45) is 8.38. The standard InChI is InChI=1S/C28H34FN7O2S/c1-39(37,38)18-17-34-13-15-35(16-14-34)28-9-3-7-23(33-28)24-20-31-27(32-24)11-10-26(30)36-12-4-8-25(36)21-5-2-6-22(29)19-21/h2-3,5-7,9-11,19-20,25,30H,4,8,12-18H2,1H3,(H,31,32). The van der Waals surface area contributed by atoms with Gasteiger partial charge in [0.1, 0.15) is 33.1 Å². The van der Waals surface area contributed by atoms with E-state index in [1.54, 1.807) is 30.5 Å². The Labute approximate surface area is 228 Å². The fourth-order valence-corrected chi connectivity index (χ4v) is 5.76. The summed E-state index contributed by atoms with van der Waals surface area (Å²) in [5.41, 5.74) is 2.46. The van der Waals surface area contributed by atoms with Gasteiger partial charge < -0.3 is 14.8 Å². The summed E-state index contributed by atoms with van der Waals surface area (Å²) in [6.45, 7) is 4.48. The fourth-order valence-electron chi connectivity index (χ4n) is 5.17. The monoisotopic (exact) mass is 551 g/mol. The Balaban J connectivity index is 1.20. The zero-order valence-corrected chi connectivity index (χ0v) is 22.9. The summed E-state index contributed by atoms with van der Waals surface area (Å²) in [5, 5.41) is 8.60. The van der Waals surface area contributed by atoms with Gasteiger partial charge in [-0.05, 0) is 54.8 Å². The second-order valence-electron chi connectivity index (χ2n) is 10.1. The van der Waals surface area contributed by atoms with Crippen LogP contribution < -0.4 is 4.90 Å². The van der Waals surface area contributed by atoms with Crippen LogP contribution in [-0.4, -0.2) is 90.3 Å². The van der Waals surface area contributed by atoms with E-state index in [4.69, 9.17) is 10.4 Å². The lowest BCUT2D eigenvalue weighted by Gasteiger charge is -2.35. The predicted octanol–water partition coefficient (Wildman–Crippen LogP) is 3.60. The summed E-state index contributed by atoms with van der Waals surface area (Å²) in [6, 6.07) is 12.5. The van der Waals surface area contributed by atoms with Crippen molar-refractivity contribution in [3.05, 3.63) is 71.9 Å². The molecular formula is C28H34FN7O2S. The van der Waals surface area contributed by atoms with Crippen LogP contribution in [0.25, 0.3) is 17.5 Å². The number of halogens is 1. The molecule has 0 saturated carbocycles. The van der Waals surface area contributed by atoms with Crippen LogP contribution >= 0.6 is 0 Å². The van der Waals surface area contributed by atoms with Crippen molar-refractivity contribution >= 4 is 27.6 Å². The van der Waals surface area contributed by atoms with Gasteiger partial charge in [0.05, 0.1) is 29.4 Å². The first-order valence-electron chi connectivity index (χ1n) is 13.2. The number of aromatic nitrogens is 3. The van der Waals surface area contributed by atoms with Gasteiger partial charge in [-0.1, -0.05) is 18.2 Å². The van der Waals surface area contributed by atoms with Crippen LogP contribution in [-0.2, 0) is 9.84 Å². The fraction of sp³-hybridized carbons (Fsp3) is 0.393. The summed E-state index contributed by atoms with van der Waals surface area (Å²) in [5.74, 6) is 1.80. The molecule has 11 heteroatoms. The third-order valence-corrected chi connectivity index (χ3v) is 8.20. The Morgan fingerprint density at radius 2 is 1.95 bits per heavy atom. The summed E-state index contributed by atoms with van der Waals surface area (Å²) in [4.78, 5) is 19.0. The van der Waals surface area contributed by atoms with Gasteiger partial charge in [-0.3, -0.25) is 10.3 Å². The molecular weight excluding hydrogens is 517 g/mol. The number of amidine groups is 1. The number of sulfone groups is 1. The average molecular weight is 552 g/mol. The van der Waals surface area contributed by atoms with E-state index in [1.165, 1.54) is 12.3 Å². The molecule has 0 spiro atoms. The molecule has 2 saturated heterocycles. The Morgan fingerprint density at radius 1 is 1.15 bits per heavy atom. The highest BCUT2D eigenvalue weighted by Crippen LogP contribution is 2.32. The number of likely N-dealkylation sites (tertiary alicyclic amines) is 1. The normalized spacial score (nSPS) is 18.8. The summed E-state index contributed by atoms with van der Waals surface area (Å²) < 4.78 is 36.7. The van der Waals surface area contributed by atoms with Crippen molar-refractivity contribution < 1.29 is 12.8 Å². The maximum absolute atomic E-state index is 13.7. The van der Waals surface area contributed by atoms with E-state index in [1.807, 2.05) is 29.2 Å². The van der Waals surface area contributed by atoms with Crippen molar-refractivity contribution in [3.8, 4) is 11.4 Å². The quantitative estimate of drug-likeness (QED) is 0.325. The molecule has 3 aromatic rings. The van der Waals surface area contributed by atoms with Crippen LogP contribution in [0.15, 0.2) is 54.7 Å². The highest BCUT2D eigenvalue weighted by molar-refractivity contribution is 7.90. The molecule has 206 valence electrons. The van der Waals surface area contributed by atoms with Crippen molar-refractivity contribution in [1.82, 2.24) is 24.8 Å². The number of anilines is 1. The number of piperazine rings is 1. The van der Waals surface area contributed by atoms with E-state index >= 15 is 0 Å². The van der Waals surface area contributed by atoms with Crippen LogP contribution in [0.5, 0.6) is 0 Å². The molecule has 0 aliphatic carbocycles. The first-order chi connectivity index (χ1) is 18.7. The van der Waals surface area contributed by atoms with Gasteiger partial charge in [-0.25, -0.2) is 22.8 Å². The summed E-state index contributed by atoms with van der Waals surface area (Å²) in [7, 11) is -2.96. The van der Waals surface area contributed by atoms with Crippen LogP contribution in [0, 0.1) is 11.2 Å². The molecule has 2 N–H and O–H groups in total. The topological polar surface area (TPSA) is 109 Å². The molecule has 9 nitrogen and oxygen atoms in total. The smallest absolute Gasteiger partial charge is 0.148 e. The summed E-state index contributed by atoms with van der Waals surface area (Å²) >= 11 is 0. The number of benzene rings is 1. The molecule has 0 bridgehead atoms. The molecule has 2 fully saturated rings. The van der Waals surface area contributed by atoms with E-state index in [-0.39, 0.29) is 17.6 Å². The maximum atomic E-state index is 13.7. The molecule has 39 heavy (non-hydrogen) atoms. The predicted molar refractivity (Wildman–Crippen MR) is 152 cm³/mol. The van der Waals surface area contributed by atoms with E-state index < -0.39 is 9.84 Å². The molecule has 1 aromatic carbocycles. The highest BCUT2D eigenvalue weighted by Gasteiger charge is 2.27. The largest absolute Gasteiger partial charge is 0.354 e. The van der Waals surface area contributed by atoms with Crippen molar-refractivity contribution in [2.75, 3.05) is 56.2 Å².